The van der Waals surface area contributed by atoms with Gasteiger partial charge in [0.25, 0.3) is 0 Å². The van der Waals surface area contributed by atoms with E-state index in [2.05, 4.69) is 15.9 Å². The van der Waals surface area contributed by atoms with Crippen LogP contribution >= 0.6 is 27.3 Å². The van der Waals surface area contributed by atoms with Crippen LogP contribution in [-0.2, 0) is 11.2 Å². The smallest absolute Gasteiger partial charge is 0.310 e. The Balaban J connectivity index is 2.06. The molecule has 4 heteroatoms. The molecule has 0 aliphatic rings. The van der Waals surface area contributed by atoms with E-state index in [1.807, 2.05) is 42.5 Å². The first-order valence-corrected chi connectivity index (χ1v) is 7.29. The summed E-state index contributed by atoms with van der Waals surface area (Å²) < 4.78 is 1.09. The summed E-state index contributed by atoms with van der Waals surface area (Å²) in [4.78, 5) is 12.5. The van der Waals surface area contributed by atoms with Crippen LogP contribution in [0.5, 0.6) is 0 Å². The van der Waals surface area contributed by atoms with Crippen LogP contribution < -0.4 is 0 Å². The molecule has 1 heterocycles. The predicted octanol–water partition coefficient (Wildman–Crippen LogP) is 4.31. The van der Waals surface area contributed by atoms with Crippen LogP contribution in [0.2, 0.25) is 0 Å². The van der Waals surface area contributed by atoms with E-state index in [0.717, 1.165) is 15.8 Å². The molecule has 1 atom stereocenters. The topological polar surface area (TPSA) is 37.3 Å². The number of hydrogen-bond acceptors (Lipinski definition) is 2. The average molecular weight is 325 g/mol. The highest BCUT2D eigenvalue weighted by Gasteiger charge is 2.19. The molecule has 1 unspecified atom stereocenters. The van der Waals surface area contributed by atoms with Crippen LogP contribution in [0.15, 0.2) is 46.3 Å². The molecule has 1 N–H and O–H groups in total. The Labute approximate surface area is 118 Å². The second kappa shape index (κ2) is 6.16. The van der Waals surface area contributed by atoms with Gasteiger partial charge in [0.05, 0.1) is 9.70 Å². The Kier molecular flexibility index (Phi) is 4.55. The average Bonchev–Trinajstić information content (AvgIpc) is 2.76. The summed E-state index contributed by atoms with van der Waals surface area (Å²) in [5.41, 5.74) is 0.876. The maximum Gasteiger partial charge on any atom is 0.310 e. The minimum atomic E-state index is -0.753. The lowest BCUT2D eigenvalue weighted by atomic mass is 9.94. The van der Waals surface area contributed by atoms with Crippen molar-refractivity contribution in [3.63, 3.8) is 0 Å². The molecule has 2 nitrogen and oxygen atoms in total. The van der Waals surface area contributed by atoms with Crippen LogP contribution in [0.25, 0.3) is 0 Å². The highest BCUT2D eigenvalue weighted by molar-refractivity contribution is 9.11. The van der Waals surface area contributed by atoms with Crippen molar-refractivity contribution in [1.29, 1.82) is 0 Å². The molecule has 0 spiro atoms. The van der Waals surface area contributed by atoms with Crippen molar-refractivity contribution in [3.05, 3.63) is 56.7 Å². The first-order chi connectivity index (χ1) is 8.66. The Bertz CT molecular complexity index is 522. The summed E-state index contributed by atoms with van der Waals surface area (Å²) in [7, 11) is 0. The highest BCUT2D eigenvalue weighted by Crippen LogP contribution is 2.27. The number of aryl methyl sites for hydroxylation is 1. The Morgan fingerprint density at radius 3 is 2.50 bits per heavy atom. The number of hydrogen-bond donors (Lipinski definition) is 1. The fourth-order valence-corrected chi connectivity index (χ4v) is 3.39. The molecular formula is C14H13BrO2S. The number of carbonyl (C=O) groups is 1. The van der Waals surface area contributed by atoms with Gasteiger partial charge in [-0.2, -0.15) is 0 Å². The maximum absolute atomic E-state index is 11.3. The summed E-state index contributed by atoms with van der Waals surface area (Å²) in [5.74, 6) is -1.18. The third-order valence-corrected chi connectivity index (χ3v) is 4.49. The summed E-state index contributed by atoms with van der Waals surface area (Å²) in [6.45, 7) is 0. The standard InChI is InChI=1S/C14H13BrO2S/c15-13-9-7-11(18-13)6-8-12(14(16)17)10-4-2-1-3-5-10/h1-5,7,9,12H,6,8H2,(H,16,17). The Morgan fingerprint density at radius 1 is 1.22 bits per heavy atom. The number of carboxylic acids is 1. The summed E-state index contributed by atoms with van der Waals surface area (Å²) in [6, 6.07) is 13.5. The number of carboxylic acid groups (broad SMARTS) is 1. The van der Waals surface area contributed by atoms with Gasteiger partial charge in [0, 0.05) is 4.88 Å². The fraction of sp³-hybridized carbons (Fsp3) is 0.214. The fourth-order valence-electron chi connectivity index (χ4n) is 1.89. The van der Waals surface area contributed by atoms with Crippen LogP contribution in [-0.4, -0.2) is 11.1 Å². The lowest BCUT2D eigenvalue weighted by molar-refractivity contribution is -0.138. The van der Waals surface area contributed by atoms with Crippen LogP contribution in [0.1, 0.15) is 22.8 Å². The van der Waals surface area contributed by atoms with Crippen LogP contribution in [0.4, 0.5) is 0 Å². The summed E-state index contributed by atoms with van der Waals surface area (Å²) >= 11 is 5.08. The molecule has 0 bridgehead atoms. The van der Waals surface area contributed by atoms with Crippen molar-refractivity contribution >= 4 is 33.2 Å². The normalized spacial score (nSPS) is 12.3. The number of aliphatic carboxylic acids is 1. The Morgan fingerprint density at radius 2 is 1.94 bits per heavy atom. The molecule has 0 aliphatic heterocycles. The molecule has 2 rings (SSSR count). The molecule has 0 radical (unpaired) electrons. The molecule has 0 amide bonds. The molecule has 2 aromatic rings. The van der Waals surface area contributed by atoms with Gasteiger partial charge in [0.2, 0.25) is 0 Å². The molecular weight excluding hydrogens is 312 g/mol. The SMILES string of the molecule is O=C(O)C(CCc1ccc(Br)s1)c1ccccc1. The summed E-state index contributed by atoms with van der Waals surface area (Å²) in [6.07, 6.45) is 1.43. The number of halogens is 1. The van der Waals surface area contributed by atoms with Crippen LogP contribution in [0, 0.1) is 0 Å². The monoisotopic (exact) mass is 324 g/mol. The van der Waals surface area contributed by atoms with Gasteiger partial charge in [-0.05, 0) is 46.5 Å². The quantitative estimate of drug-likeness (QED) is 0.889. The van der Waals surface area contributed by atoms with Gasteiger partial charge in [-0.1, -0.05) is 30.3 Å². The van der Waals surface area contributed by atoms with Gasteiger partial charge in [-0.15, -0.1) is 11.3 Å². The van der Waals surface area contributed by atoms with Gasteiger partial charge in [-0.3, -0.25) is 4.79 Å². The van der Waals surface area contributed by atoms with E-state index in [1.54, 1.807) is 11.3 Å². The lowest BCUT2D eigenvalue weighted by Gasteiger charge is -2.11. The van der Waals surface area contributed by atoms with Crippen molar-refractivity contribution in [2.75, 3.05) is 0 Å². The molecule has 1 aromatic heterocycles. The molecule has 18 heavy (non-hydrogen) atoms. The van der Waals surface area contributed by atoms with Crippen molar-refractivity contribution in [3.8, 4) is 0 Å². The number of benzene rings is 1. The zero-order valence-electron chi connectivity index (χ0n) is 9.67. The maximum atomic E-state index is 11.3. The number of thiophene rings is 1. The van der Waals surface area contributed by atoms with Gasteiger partial charge in [0.1, 0.15) is 0 Å². The van der Waals surface area contributed by atoms with E-state index in [0.29, 0.717) is 6.42 Å². The Hall–Kier alpha value is -1.13. The van der Waals surface area contributed by atoms with Gasteiger partial charge >= 0.3 is 5.97 Å². The van der Waals surface area contributed by atoms with Gasteiger partial charge in [0.15, 0.2) is 0 Å². The third-order valence-electron chi connectivity index (χ3n) is 2.81. The third kappa shape index (κ3) is 3.43. The van der Waals surface area contributed by atoms with Crippen molar-refractivity contribution < 1.29 is 9.90 Å². The van der Waals surface area contributed by atoms with E-state index < -0.39 is 11.9 Å². The summed E-state index contributed by atoms with van der Waals surface area (Å²) in [5, 5.41) is 9.30. The van der Waals surface area contributed by atoms with E-state index in [1.165, 1.54) is 4.88 Å². The number of rotatable bonds is 5. The zero-order valence-corrected chi connectivity index (χ0v) is 12.1. The minimum absolute atomic E-state index is 0.424. The second-order valence-electron chi connectivity index (χ2n) is 4.05. The molecule has 0 saturated carbocycles. The van der Waals surface area contributed by atoms with Gasteiger partial charge in [-0.25, -0.2) is 0 Å². The predicted molar refractivity (Wildman–Crippen MR) is 77.2 cm³/mol. The molecule has 0 fully saturated rings. The zero-order chi connectivity index (χ0) is 13.0. The highest BCUT2D eigenvalue weighted by atomic mass is 79.9. The van der Waals surface area contributed by atoms with E-state index >= 15 is 0 Å². The minimum Gasteiger partial charge on any atom is -0.481 e. The molecule has 0 aliphatic carbocycles. The largest absolute Gasteiger partial charge is 0.481 e. The van der Waals surface area contributed by atoms with Gasteiger partial charge < -0.3 is 5.11 Å². The second-order valence-corrected chi connectivity index (χ2v) is 6.59. The van der Waals surface area contributed by atoms with Crippen molar-refractivity contribution in [1.82, 2.24) is 0 Å². The molecule has 0 saturated heterocycles. The van der Waals surface area contributed by atoms with E-state index in [4.69, 9.17) is 0 Å². The molecule has 1 aromatic carbocycles. The van der Waals surface area contributed by atoms with Crippen molar-refractivity contribution in [2.45, 2.75) is 18.8 Å². The van der Waals surface area contributed by atoms with Crippen LogP contribution in [0.3, 0.4) is 0 Å². The first kappa shape index (κ1) is 13.3. The van der Waals surface area contributed by atoms with E-state index in [9.17, 15) is 9.90 Å². The first-order valence-electron chi connectivity index (χ1n) is 5.69. The lowest BCUT2D eigenvalue weighted by Crippen LogP contribution is -2.12. The molecule has 94 valence electrons. The van der Waals surface area contributed by atoms with E-state index in [-0.39, 0.29) is 0 Å². The van der Waals surface area contributed by atoms with Crippen molar-refractivity contribution in [2.24, 2.45) is 0 Å².